The lowest BCUT2D eigenvalue weighted by atomic mass is 10.0. The SMILES string of the molecule is Cc1cc2c(=O)[nH]c3cc(C(F)(F)F)ccc3n2c1CC(C)C(=O)O. The van der Waals surface area contributed by atoms with Gasteiger partial charge in [0.05, 0.1) is 22.5 Å². The summed E-state index contributed by atoms with van der Waals surface area (Å²) in [5, 5.41) is 9.14. The first-order valence-electron chi connectivity index (χ1n) is 7.56. The molecular weight excluding hydrogens is 337 g/mol. The highest BCUT2D eigenvalue weighted by Crippen LogP contribution is 2.31. The lowest BCUT2D eigenvalue weighted by Gasteiger charge is -2.12. The number of nitrogens with zero attached hydrogens (tertiary/aromatic N) is 1. The average molecular weight is 352 g/mol. The Hall–Kier alpha value is -2.77. The van der Waals surface area contributed by atoms with E-state index in [0.717, 1.165) is 12.1 Å². The third-order valence-corrected chi connectivity index (χ3v) is 4.29. The smallest absolute Gasteiger partial charge is 0.416 e. The van der Waals surface area contributed by atoms with Gasteiger partial charge < -0.3 is 14.5 Å². The maximum atomic E-state index is 12.9. The Bertz CT molecular complexity index is 1050. The molecule has 0 aliphatic rings. The van der Waals surface area contributed by atoms with Crippen molar-refractivity contribution in [2.75, 3.05) is 0 Å². The van der Waals surface area contributed by atoms with Crippen LogP contribution in [0.15, 0.2) is 29.1 Å². The molecule has 0 amide bonds. The molecule has 0 spiro atoms. The molecule has 0 fully saturated rings. The summed E-state index contributed by atoms with van der Waals surface area (Å²) >= 11 is 0. The number of carboxylic acids is 1. The number of hydrogen-bond donors (Lipinski definition) is 2. The summed E-state index contributed by atoms with van der Waals surface area (Å²) in [6, 6.07) is 4.73. The number of rotatable bonds is 3. The fourth-order valence-electron chi connectivity index (χ4n) is 2.94. The van der Waals surface area contributed by atoms with Crippen molar-refractivity contribution in [2.45, 2.75) is 26.4 Å². The van der Waals surface area contributed by atoms with Gasteiger partial charge in [0.15, 0.2) is 0 Å². The van der Waals surface area contributed by atoms with Crippen LogP contribution in [0.1, 0.15) is 23.7 Å². The first-order valence-corrected chi connectivity index (χ1v) is 7.56. The van der Waals surface area contributed by atoms with E-state index in [9.17, 15) is 22.8 Å². The van der Waals surface area contributed by atoms with E-state index in [2.05, 4.69) is 4.98 Å². The van der Waals surface area contributed by atoms with Crippen LogP contribution in [-0.2, 0) is 17.4 Å². The summed E-state index contributed by atoms with van der Waals surface area (Å²) in [6.45, 7) is 3.28. The maximum Gasteiger partial charge on any atom is 0.416 e. The summed E-state index contributed by atoms with van der Waals surface area (Å²) < 4.78 is 40.3. The molecule has 8 heteroatoms. The molecule has 3 aromatic rings. The van der Waals surface area contributed by atoms with Crippen molar-refractivity contribution in [2.24, 2.45) is 5.92 Å². The molecule has 0 aliphatic heterocycles. The molecule has 0 radical (unpaired) electrons. The molecule has 0 aliphatic carbocycles. The summed E-state index contributed by atoms with van der Waals surface area (Å²) in [5.74, 6) is -1.68. The third kappa shape index (κ3) is 2.88. The molecule has 132 valence electrons. The van der Waals surface area contributed by atoms with Gasteiger partial charge in [-0.25, -0.2) is 0 Å². The van der Waals surface area contributed by atoms with Crippen LogP contribution < -0.4 is 5.56 Å². The van der Waals surface area contributed by atoms with Crippen LogP contribution in [0.25, 0.3) is 16.6 Å². The van der Waals surface area contributed by atoms with Gasteiger partial charge in [0.25, 0.3) is 5.56 Å². The number of fused-ring (bicyclic) bond motifs is 3. The molecule has 1 atom stereocenters. The average Bonchev–Trinajstić information content (AvgIpc) is 2.83. The van der Waals surface area contributed by atoms with Crippen LogP contribution in [0, 0.1) is 12.8 Å². The highest BCUT2D eigenvalue weighted by atomic mass is 19.4. The number of nitrogens with one attached hydrogen (secondary N) is 1. The normalized spacial score (nSPS) is 13.5. The first kappa shape index (κ1) is 17.1. The van der Waals surface area contributed by atoms with E-state index in [1.165, 1.54) is 13.0 Å². The van der Waals surface area contributed by atoms with Gasteiger partial charge in [-0.05, 0) is 36.8 Å². The third-order valence-electron chi connectivity index (χ3n) is 4.29. The van der Waals surface area contributed by atoms with Crippen molar-refractivity contribution < 1.29 is 23.1 Å². The van der Waals surface area contributed by atoms with Crippen LogP contribution in [0.3, 0.4) is 0 Å². The maximum absolute atomic E-state index is 12.9. The zero-order valence-corrected chi connectivity index (χ0v) is 13.4. The van der Waals surface area contributed by atoms with Gasteiger partial charge in [-0.15, -0.1) is 0 Å². The molecule has 0 bridgehead atoms. The number of aryl methyl sites for hydroxylation is 1. The summed E-state index contributed by atoms with van der Waals surface area (Å²) in [5.41, 5.74) is 0.642. The van der Waals surface area contributed by atoms with Crippen molar-refractivity contribution in [3.8, 4) is 0 Å². The Balaban J connectivity index is 2.33. The molecule has 2 heterocycles. The number of H-pyrrole nitrogens is 1. The van der Waals surface area contributed by atoms with E-state index >= 15 is 0 Å². The predicted molar refractivity (Wildman–Crippen MR) is 85.8 cm³/mol. The van der Waals surface area contributed by atoms with Crippen molar-refractivity contribution in [1.29, 1.82) is 0 Å². The van der Waals surface area contributed by atoms with Crippen LogP contribution >= 0.6 is 0 Å². The van der Waals surface area contributed by atoms with Crippen LogP contribution in [-0.4, -0.2) is 20.5 Å². The fourth-order valence-corrected chi connectivity index (χ4v) is 2.94. The molecule has 25 heavy (non-hydrogen) atoms. The highest BCUT2D eigenvalue weighted by Gasteiger charge is 2.31. The van der Waals surface area contributed by atoms with Gasteiger partial charge in [-0.1, -0.05) is 6.92 Å². The zero-order valence-electron chi connectivity index (χ0n) is 13.4. The molecule has 3 rings (SSSR count). The number of halogens is 3. The number of alkyl halides is 3. The summed E-state index contributed by atoms with van der Waals surface area (Å²) in [6.07, 6.45) is -4.36. The van der Waals surface area contributed by atoms with Gasteiger partial charge in [0, 0.05) is 12.1 Å². The fraction of sp³-hybridized carbons (Fsp3) is 0.294. The first-order chi connectivity index (χ1) is 11.6. The minimum atomic E-state index is -4.52. The highest BCUT2D eigenvalue weighted by molar-refractivity contribution is 5.80. The molecule has 1 unspecified atom stereocenters. The number of aliphatic carboxylic acids is 1. The number of benzene rings is 1. The summed E-state index contributed by atoms with van der Waals surface area (Å²) in [7, 11) is 0. The zero-order chi connectivity index (χ0) is 18.5. The van der Waals surface area contributed by atoms with E-state index in [1.807, 2.05) is 0 Å². The van der Waals surface area contributed by atoms with E-state index in [0.29, 0.717) is 16.8 Å². The van der Waals surface area contributed by atoms with Crippen LogP contribution in [0.5, 0.6) is 0 Å². The Morgan fingerprint density at radius 2 is 1.96 bits per heavy atom. The lowest BCUT2D eigenvalue weighted by Crippen LogP contribution is -2.16. The second-order valence-electron chi connectivity index (χ2n) is 6.12. The minimum absolute atomic E-state index is 0.0483. The van der Waals surface area contributed by atoms with Gasteiger partial charge in [-0.3, -0.25) is 9.59 Å². The van der Waals surface area contributed by atoms with E-state index in [-0.39, 0.29) is 17.5 Å². The quantitative estimate of drug-likeness (QED) is 0.759. The molecule has 1 aromatic carbocycles. The molecule has 5 nitrogen and oxygen atoms in total. The second kappa shape index (κ2) is 5.65. The van der Waals surface area contributed by atoms with Crippen molar-refractivity contribution in [3.63, 3.8) is 0 Å². The topological polar surface area (TPSA) is 74.6 Å². The van der Waals surface area contributed by atoms with Crippen molar-refractivity contribution in [1.82, 2.24) is 9.38 Å². The minimum Gasteiger partial charge on any atom is -0.481 e. The Labute approximate surface area is 139 Å². The van der Waals surface area contributed by atoms with Gasteiger partial charge >= 0.3 is 12.1 Å². The predicted octanol–water partition coefficient (Wildman–Crippen LogP) is 3.37. The molecule has 2 N–H and O–H groups in total. The van der Waals surface area contributed by atoms with E-state index in [4.69, 9.17) is 5.11 Å². The molecule has 0 saturated heterocycles. The molecule has 0 saturated carbocycles. The largest absolute Gasteiger partial charge is 0.481 e. The number of aromatic amines is 1. The molecule has 2 aromatic heterocycles. The Kier molecular flexibility index (Phi) is 3.85. The number of carbonyl (C=O) groups is 1. The standard InChI is InChI=1S/C17H15F3N2O3/c1-8-5-14-15(23)21-11-7-10(17(18,19)20)3-4-12(11)22(14)13(8)6-9(2)16(24)25/h3-5,7,9H,6H2,1-2H3,(H,21,23)(H,24,25). The number of hydrogen-bond acceptors (Lipinski definition) is 2. The van der Waals surface area contributed by atoms with E-state index in [1.54, 1.807) is 17.4 Å². The number of carboxylic acid groups (broad SMARTS) is 1. The molecular formula is C17H15F3N2O3. The number of aromatic nitrogens is 2. The van der Waals surface area contributed by atoms with E-state index < -0.39 is 29.2 Å². The Morgan fingerprint density at radius 3 is 2.56 bits per heavy atom. The van der Waals surface area contributed by atoms with Crippen molar-refractivity contribution >= 4 is 22.5 Å². The van der Waals surface area contributed by atoms with Gasteiger partial charge in [0.2, 0.25) is 0 Å². The van der Waals surface area contributed by atoms with Gasteiger partial charge in [0.1, 0.15) is 5.52 Å². The Morgan fingerprint density at radius 1 is 1.28 bits per heavy atom. The lowest BCUT2D eigenvalue weighted by molar-refractivity contribution is -0.141. The second-order valence-corrected chi connectivity index (χ2v) is 6.12. The van der Waals surface area contributed by atoms with Crippen LogP contribution in [0.4, 0.5) is 13.2 Å². The summed E-state index contributed by atoms with van der Waals surface area (Å²) in [4.78, 5) is 25.9. The van der Waals surface area contributed by atoms with Crippen LogP contribution in [0.2, 0.25) is 0 Å². The van der Waals surface area contributed by atoms with Gasteiger partial charge in [-0.2, -0.15) is 13.2 Å². The monoisotopic (exact) mass is 352 g/mol. The van der Waals surface area contributed by atoms with Crippen molar-refractivity contribution in [3.05, 3.63) is 51.4 Å².